The maximum atomic E-state index is 6.51. The van der Waals surface area contributed by atoms with E-state index < -0.39 is 5.41 Å². The summed E-state index contributed by atoms with van der Waals surface area (Å²) in [6, 6.07) is 72.2. The molecule has 1 aliphatic heterocycles. The van der Waals surface area contributed by atoms with Crippen molar-refractivity contribution < 1.29 is 4.74 Å². The quantitative estimate of drug-likeness (QED) is 0.174. The molecule has 0 unspecified atom stereocenters. The molecule has 0 atom stereocenters. The monoisotopic (exact) mass is 708 g/mol. The number of para-hydroxylation sites is 1. The Hall–Kier alpha value is -7.22. The number of hydrogen-bond acceptors (Lipinski definition) is 1. The van der Waals surface area contributed by atoms with Gasteiger partial charge in [-0.05, 0) is 130 Å². The minimum Gasteiger partial charge on any atom is -0.456 e. The van der Waals surface area contributed by atoms with E-state index in [0.717, 1.165) is 17.1 Å². The maximum absolute atomic E-state index is 6.51. The summed E-state index contributed by atoms with van der Waals surface area (Å²) in [6.07, 6.45) is 0. The second-order valence-electron chi connectivity index (χ2n) is 15.5. The van der Waals surface area contributed by atoms with Gasteiger partial charge in [0, 0.05) is 10.9 Å². The van der Waals surface area contributed by atoms with Gasteiger partial charge in [0.2, 0.25) is 0 Å². The highest BCUT2D eigenvalue weighted by atomic mass is 16.5. The highest BCUT2D eigenvalue weighted by molar-refractivity contribution is 6.11. The molecule has 2 aliphatic carbocycles. The normalized spacial score (nSPS) is 13.6. The Morgan fingerprint density at radius 1 is 0.286 bits per heavy atom. The Balaban J connectivity index is 1.11. The van der Waals surface area contributed by atoms with Crippen LogP contribution in [-0.2, 0) is 5.41 Å². The zero-order valence-electron chi connectivity index (χ0n) is 30.4. The third-order valence-corrected chi connectivity index (χ3v) is 12.9. The van der Waals surface area contributed by atoms with E-state index in [1.165, 1.54) is 105 Å². The van der Waals surface area contributed by atoms with Gasteiger partial charge in [0.25, 0.3) is 0 Å². The molecule has 0 fully saturated rings. The Morgan fingerprint density at radius 3 is 1.70 bits per heavy atom. The number of benzene rings is 10. The fourth-order valence-electron chi connectivity index (χ4n) is 10.6. The summed E-state index contributed by atoms with van der Waals surface area (Å²) in [7, 11) is 0. The van der Waals surface area contributed by atoms with Crippen molar-refractivity contribution in [1.82, 2.24) is 0 Å². The summed E-state index contributed by atoms with van der Waals surface area (Å²) >= 11 is 0. The van der Waals surface area contributed by atoms with Crippen LogP contribution in [0.15, 0.2) is 194 Å². The lowest BCUT2D eigenvalue weighted by Gasteiger charge is -2.31. The third kappa shape index (κ3) is 3.79. The number of hydrogen-bond donors (Lipinski definition) is 0. The van der Waals surface area contributed by atoms with Gasteiger partial charge < -0.3 is 4.74 Å². The van der Waals surface area contributed by atoms with E-state index in [-0.39, 0.29) is 0 Å². The topological polar surface area (TPSA) is 9.23 Å². The van der Waals surface area contributed by atoms with E-state index >= 15 is 0 Å². The Labute approximate surface area is 324 Å². The number of fused-ring (bicyclic) bond motifs is 14. The summed E-state index contributed by atoms with van der Waals surface area (Å²) in [6.45, 7) is 0. The van der Waals surface area contributed by atoms with Crippen molar-refractivity contribution in [3.63, 3.8) is 0 Å². The van der Waals surface area contributed by atoms with Gasteiger partial charge in [0.05, 0.1) is 5.41 Å². The second kappa shape index (κ2) is 10.9. The molecule has 0 aromatic heterocycles. The van der Waals surface area contributed by atoms with Crippen molar-refractivity contribution in [1.29, 1.82) is 0 Å². The second-order valence-corrected chi connectivity index (χ2v) is 15.5. The molecular weight excluding hydrogens is 677 g/mol. The first-order valence-electron chi connectivity index (χ1n) is 19.5. The van der Waals surface area contributed by atoms with Gasteiger partial charge in [0.15, 0.2) is 0 Å². The minimum absolute atomic E-state index is 0.466. The lowest BCUT2D eigenvalue weighted by atomic mass is 9.70. The molecule has 1 heterocycles. The molecule has 13 rings (SSSR count). The van der Waals surface area contributed by atoms with Gasteiger partial charge in [-0.1, -0.05) is 164 Å². The Bertz CT molecular complexity index is 3300. The van der Waals surface area contributed by atoms with Gasteiger partial charge in [-0.3, -0.25) is 0 Å². The predicted molar refractivity (Wildman–Crippen MR) is 232 cm³/mol. The van der Waals surface area contributed by atoms with Crippen LogP contribution in [0.4, 0.5) is 0 Å². The highest BCUT2D eigenvalue weighted by Gasteiger charge is 2.51. The van der Waals surface area contributed by atoms with Crippen molar-refractivity contribution in [3.8, 4) is 67.1 Å². The smallest absolute Gasteiger partial charge is 0.135 e. The van der Waals surface area contributed by atoms with Crippen LogP contribution in [0.2, 0.25) is 0 Å². The molecule has 0 saturated heterocycles. The molecular formula is C55H32O. The molecule has 1 heteroatoms. The summed E-state index contributed by atoms with van der Waals surface area (Å²) in [4.78, 5) is 0. The minimum atomic E-state index is -0.466. The van der Waals surface area contributed by atoms with E-state index in [1.807, 2.05) is 6.07 Å². The van der Waals surface area contributed by atoms with Crippen molar-refractivity contribution in [2.45, 2.75) is 5.41 Å². The molecule has 10 aromatic rings. The molecule has 0 N–H and O–H groups in total. The third-order valence-electron chi connectivity index (χ3n) is 12.9. The average Bonchev–Trinajstić information content (AvgIpc) is 3.72. The van der Waals surface area contributed by atoms with E-state index in [9.17, 15) is 0 Å². The van der Waals surface area contributed by atoms with Crippen LogP contribution in [0.5, 0.6) is 11.5 Å². The average molecular weight is 709 g/mol. The van der Waals surface area contributed by atoms with Crippen LogP contribution in [0.1, 0.15) is 22.3 Å². The molecule has 1 nitrogen and oxygen atoms in total. The fraction of sp³-hybridized carbons (Fsp3) is 0.0182. The van der Waals surface area contributed by atoms with E-state index in [1.54, 1.807) is 0 Å². The van der Waals surface area contributed by atoms with Crippen LogP contribution in [0.3, 0.4) is 0 Å². The zero-order valence-corrected chi connectivity index (χ0v) is 30.4. The molecule has 0 amide bonds. The van der Waals surface area contributed by atoms with Crippen LogP contribution >= 0.6 is 0 Å². The standard InChI is InChI=1S/C55H32O/c1-2-15-36-33(12-1)13-9-19-38(36)39-20-10-14-34-30-51-47(32-46(34)39)42-27-26-35(31-50(42)55(51)48-23-6-3-16-40(48)41-17-4-7-24-49(41)55)37-28-29-53-54-44(37)21-11-22-45(54)43-18-5-8-25-52(43)56-53/h1-32H. The first-order chi connectivity index (χ1) is 27.8. The lowest BCUT2D eigenvalue weighted by molar-refractivity contribution is 0.487. The molecule has 10 aromatic carbocycles. The van der Waals surface area contributed by atoms with E-state index in [0.29, 0.717) is 0 Å². The van der Waals surface area contributed by atoms with Crippen LogP contribution in [-0.4, -0.2) is 0 Å². The molecule has 0 radical (unpaired) electrons. The Kier molecular flexibility index (Phi) is 5.89. The van der Waals surface area contributed by atoms with Gasteiger partial charge in [-0.2, -0.15) is 0 Å². The SMILES string of the molecule is c1ccc2c(c1)Oc1ccc(-c3ccc4c(c3)C3(c5ccccc5-c5ccccc53)c3cc5cccc(-c6cccc7ccccc67)c5cc3-4)c3cccc-2c13. The first kappa shape index (κ1) is 30.1. The van der Waals surface area contributed by atoms with Crippen molar-refractivity contribution in [2.75, 3.05) is 0 Å². The van der Waals surface area contributed by atoms with Crippen LogP contribution < -0.4 is 4.74 Å². The highest BCUT2D eigenvalue weighted by Crippen LogP contribution is 2.64. The fourth-order valence-corrected chi connectivity index (χ4v) is 10.6. The van der Waals surface area contributed by atoms with Crippen molar-refractivity contribution >= 4 is 32.3 Å². The maximum Gasteiger partial charge on any atom is 0.135 e. The van der Waals surface area contributed by atoms with Crippen molar-refractivity contribution in [3.05, 3.63) is 216 Å². The van der Waals surface area contributed by atoms with E-state index in [2.05, 4.69) is 188 Å². The molecule has 0 bridgehead atoms. The molecule has 3 aliphatic rings. The van der Waals surface area contributed by atoms with Gasteiger partial charge in [0.1, 0.15) is 11.5 Å². The molecule has 1 spiro atoms. The summed E-state index contributed by atoms with van der Waals surface area (Å²) in [5, 5.41) is 7.44. The Morgan fingerprint density at radius 2 is 0.857 bits per heavy atom. The summed E-state index contributed by atoms with van der Waals surface area (Å²) in [5.41, 5.74) is 17.5. The van der Waals surface area contributed by atoms with Gasteiger partial charge in [-0.25, -0.2) is 0 Å². The summed E-state index contributed by atoms with van der Waals surface area (Å²) in [5.74, 6) is 1.82. The lowest BCUT2D eigenvalue weighted by Crippen LogP contribution is -2.25. The largest absolute Gasteiger partial charge is 0.456 e. The van der Waals surface area contributed by atoms with Gasteiger partial charge >= 0.3 is 0 Å². The zero-order chi connectivity index (χ0) is 36.5. The van der Waals surface area contributed by atoms with E-state index in [4.69, 9.17) is 4.74 Å². The summed E-state index contributed by atoms with van der Waals surface area (Å²) < 4.78 is 6.51. The first-order valence-corrected chi connectivity index (χ1v) is 19.5. The van der Waals surface area contributed by atoms with Crippen molar-refractivity contribution in [2.24, 2.45) is 0 Å². The van der Waals surface area contributed by atoms with Crippen LogP contribution in [0.25, 0.3) is 88.0 Å². The number of rotatable bonds is 2. The number of ether oxygens (including phenoxy) is 1. The predicted octanol–water partition coefficient (Wildman–Crippen LogP) is 14.6. The molecule has 258 valence electrons. The molecule has 0 saturated carbocycles. The van der Waals surface area contributed by atoms with Crippen LogP contribution in [0, 0.1) is 0 Å². The van der Waals surface area contributed by atoms with Gasteiger partial charge in [-0.15, -0.1) is 0 Å². The molecule has 56 heavy (non-hydrogen) atoms.